The number of likely N-dealkylation sites (N-methyl/N-ethyl adjacent to an activating group) is 1. The van der Waals surface area contributed by atoms with E-state index in [9.17, 15) is 9.59 Å². The number of carbonyl (C=O) groups excluding carboxylic acids is 2. The predicted molar refractivity (Wildman–Crippen MR) is 313 cm³/mol. The van der Waals surface area contributed by atoms with Gasteiger partial charge in [-0.15, -0.1) is 0 Å². The van der Waals surface area contributed by atoms with Crippen molar-refractivity contribution in [3.05, 3.63) is 36.0 Å². The molecule has 10 atom stereocenters. The van der Waals surface area contributed by atoms with E-state index in [-0.39, 0.29) is 48.8 Å². The van der Waals surface area contributed by atoms with Crippen molar-refractivity contribution in [2.75, 3.05) is 40.3 Å². The minimum absolute atomic E-state index is 0.0865. The molecule has 2 saturated heterocycles. The Morgan fingerprint density at radius 2 is 1.43 bits per heavy atom. The number of methoxy groups -OCH3 is 1. The first kappa shape index (κ1) is 64.9. The van der Waals surface area contributed by atoms with Gasteiger partial charge in [0.05, 0.1) is 69.6 Å². The van der Waals surface area contributed by atoms with Crippen molar-refractivity contribution in [3.8, 4) is 0 Å². The van der Waals surface area contributed by atoms with Crippen LogP contribution in [-0.2, 0) is 37.0 Å². The lowest BCUT2D eigenvalue weighted by Crippen LogP contribution is -2.62. The first-order valence-corrected chi connectivity index (χ1v) is 38.0. The molecule has 428 valence electrons. The zero-order chi connectivity index (χ0) is 55.0. The maximum Gasteiger partial charge on any atom is 0.410 e. The summed E-state index contributed by atoms with van der Waals surface area (Å²) in [7, 11) is -1.85. The molecule has 3 heterocycles. The van der Waals surface area contributed by atoms with E-state index in [0.29, 0.717) is 37.9 Å². The molecule has 0 N–H and O–H groups in total. The van der Waals surface area contributed by atoms with Gasteiger partial charge in [0.2, 0.25) is 0 Å². The Labute approximate surface area is 457 Å². The summed E-state index contributed by atoms with van der Waals surface area (Å²) in [5.41, 5.74) is -0.503. The van der Waals surface area contributed by atoms with Crippen LogP contribution in [0.15, 0.2) is 36.0 Å². The van der Waals surface area contributed by atoms with Gasteiger partial charge < -0.3 is 36.7 Å². The molecular formula is C60H113N2O9Si3+. The second-order valence-electron chi connectivity index (χ2n) is 24.2. The van der Waals surface area contributed by atoms with Crippen molar-refractivity contribution in [2.24, 2.45) is 11.8 Å². The van der Waals surface area contributed by atoms with Crippen molar-refractivity contribution in [1.29, 1.82) is 0 Å². The monoisotopic (exact) mass is 1090 g/mol. The number of hydrogen-bond acceptors (Lipinski definition) is 9. The molecule has 74 heavy (non-hydrogen) atoms. The van der Waals surface area contributed by atoms with Crippen molar-refractivity contribution in [3.63, 3.8) is 0 Å². The lowest BCUT2D eigenvalue weighted by atomic mass is 9.88. The van der Waals surface area contributed by atoms with Crippen LogP contribution in [0.3, 0.4) is 0 Å². The smallest absolute Gasteiger partial charge is 0.410 e. The fraction of sp³-hybridized carbons (Fsp3) is 0.867. The number of allylic oxidation sites excluding steroid dienone is 2. The first-order valence-electron chi connectivity index (χ1n) is 30.4. The number of nitrogens with zero attached hydrogens (tertiary/aromatic N) is 2. The first-order chi connectivity index (χ1) is 35.1. The Balaban J connectivity index is 1.67. The maximum absolute atomic E-state index is 14.3. The highest BCUT2D eigenvalue weighted by atomic mass is 28.4. The Morgan fingerprint density at radius 1 is 0.865 bits per heavy atom. The normalized spacial score (nSPS) is 29.3. The van der Waals surface area contributed by atoms with Crippen LogP contribution in [0, 0.1) is 11.8 Å². The molecule has 0 aromatic carbocycles. The molecular weight excluding hydrogens is 977 g/mol. The van der Waals surface area contributed by atoms with E-state index in [1.807, 2.05) is 17.9 Å². The SMILES string of the molecule is CC[C@H](O[Si](CC)(CC)CC)[C@@H](C)[C@H]1O[C@@H]1C[C@](C)(/C=C/C=C(\C)[C@H]1OC(=O)C[C@H](O[Si](CC)(CC)CC)CC[C@@](C)(OC)[C@@H](OC(=O)N2CC[N+](C)(C3CCCCCC3)CC2)/C=C/[C@@H]1C)O[Si](CC)(CC)CC. The zero-order valence-electron chi connectivity index (χ0n) is 50.6. The summed E-state index contributed by atoms with van der Waals surface area (Å²) in [5.74, 6) is -0.218. The third kappa shape index (κ3) is 17.2. The van der Waals surface area contributed by atoms with Crippen LogP contribution in [0.2, 0.25) is 54.4 Å². The molecule has 1 saturated carbocycles. The molecule has 0 spiro atoms. The lowest BCUT2D eigenvalue weighted by Gasteiger charge is -2.47. The molecule has 0 radical (unpaired) electrons. The summed E-state index contributed by atoms with van der Waals surface area (Å²) in [6, 6.07) is 10.2. The van der Waals surface area contributed by atoms with Crippen molar-refractivity contribution >= 4 is 37.0 Å². The van der Waals surface area contributed by atoms with Gasteiger partial charge >= 0.3 is 12.1 Å². The Kier molecular flexibility index (Phi) is 25.9. The molecule has 1 amide bonds. The Hall–Kier alpha value is -1.63. The topological polar surface area (TPSA) is 105 Å². The summed E-state index contributed by atoms with van der Waals surface area (Å²) in [5, 5.41) is 0. The number of cyclic esters (lactones) is 1. The summed E-state index contributed by atoms with van der Waals surface area (Å²) in [4.78, 5) is 30.5. The molecule has 1 aliphatic carbocycles. The molecule has 14 heteroatoms. The van der Waals surface area contributed by atoms with Crippen LogP contribution in [0.25, 0.3) is 0 Å². The van der Waals surface area contributed by atoms with Gasteiger partial charge in [-0.05, 0) is 132 Å². The molecule has 4 rings (SSSR count). The minimum atomic E-state index is -2.13. The van der Waals surface area contributed by atoms with E-state index in [1.165, 1.54) is 38.5 Å². The number of esters is 1. The summed E-state index contributed by atoms with van der Waals surface area (Å²) in [6.45, 7) is 36.7. The number of amides is 1. The van der Waals surface area contributed by atoms with Gasteiger partial charge in [-0.3, -0.25) is 9.69 Å². The van der Waals surface area contributed by atoms with Crippen molar-refractivity contribution < 1.29 is 46.3 Å². The number of quaternary nitrogens is 1. The number of epoxide rings is 1. The van der Waals surface area contributed by atoms with Gasteiger partial charge in [-0.25, -0.2) is 4.79 Å². The number of piperazine rings is 1. The van der Waals surface area contributed by atoms with E-state index in [0.717, 1.165) is 90.4 Å². The maximum atomic E-state index is 14.3. The van der Waals surface area contributed by atoms with Crippen molar-refractivity contribution in [1.82, 2.24) is 4.90 Å². The van der Waals surface area contributed by atoms with E-state index in [2.05, 4.69) is 128 Å². The van der Waals surface area contributed by atoms with Gasteiger partial charge in [0.25, 0.3) is 0 Å². The minimum Gasteiger partial charge on any atom is -0.457 e. The van der Waals surface area contributed by atoms with Crippen LogP contribution < -0.4 is 0 Å². The average molecular weight is 1090 g/mol. The second-order valence-corrected chi connectivity index (χ2v) is 38.3. The quantitative estimate of drug-likeness (QED) is 0.0159. The standard InChI is InChI=1S/C60H113N2O9Si3/c1-18-52(70-73(22-5,23-6)24-7)49(13)57-53(66-57)46-59(14,71-74(25-8,26-9)27-10)39-32-33-47(11)56-48(12)36-37-54(67-58(64)61-41-43-62(16,44-42-61)50-34-30-28-29-31-35-50)60(15,65-17)40-38-51(45-55(63)68-56)69-72(19-2,20-3)21-4/h32-33,36-37,39,48-54,56-57H,18-31,34-35,38,40-46H2,1-17H3/q+1/b37-36+,39-32+,47-33+/t48-,49+,51+,52-,53+,54-,56+,57+,59-,60+/m0/s1. The van der Waals surface area contributed by atoms with Gasteiger partial charge in [-0.2, -0.15) is 0 Å². The molecule has 3 aliphatic heterocycles. The zero-order valence-corrected chi connectivity index (χ0v) is 53.6. The van der Waals surface area contributed by atoms with E-state index >= 15 is 0 Å². The predicted octanol–water partition coefficient (Wildman–Crippen LogP) is 14.9. The average Bonchev–Trinajstić information content (AvgIpc) is 4.23. The van der Waals surface area contributed by atoms with Crippen LogP contribution >= 0.6 is 0 Å². The van der Waals surface area contributed by atoms with Crippen molar-refractivity contribution in [2.45, 2.75) is 283 Å². The highest BCUT2D eigenvalue weighted by Gasteiger charge is 2.51. The highest BCUT2D eigenvalue weighted by molar-refractivity contribution is 6.74. The van der Waals surface area contributed by atoms with Gasteiger partial charge in [0.1, 0.15) is 11.7 Å². The van der Waals surface area contributed by atoms with Crippen LogP contribution in [0.4, 0.5) is 4.79 Å². The van der Waals surface area contributed by atoms with Crippen LogP contribution in [0.5, 0.6) is 0 Å². The Morgan fingerprint density at radius 3 is 1.96 bits per heavy atom. The third-order valence-corrected chi connectivity index (χ3v) is 33.9. The summed E-state index contributed by atoms with van der Waals surface area (Å²) in [6.07, 6.45) is 19.9. The third-order valence-electron chi connectivity index (χ3n) is 19.8. The number of hydrogen-bond donors (Lipinski definition) is 0. The molecule has 3 fully saturated rings. The van der Waals surface area contributed by atoms with Gasteiger partial charge in [0.15, 0.2) is 31.1 Å². The van der Waals surface area contributed by atoms with Crippen LogP contribution in [-0.4, -0.2) is 141 Å². The van der Waals surface area contributed by atoms with E-state index < -0.39 is 48.4 Å². The summed E-state index contributed by atoms with van der Waals surface area (Å²) >= 11 is 0. The number of ether oxygens (including phenoxy) is 4. The molecule has 0 bridgehead atoms. The van der Waals surface area contributed by atoms with Crippen LogP contribution in [0.1, 0.15) is 174 Å². The Bertz CT molecular complexity index is 1760. The second kappa shape index (κ2) is 29.5. The lowest BCUT2D eigenvalue weighted by molar-refractivity contribution is -0.937. The molecule has 0 aromatic rings. The molecule has 0 aromatic heterocycles. The highest BCUT2D eigenvalue weighted by Crippen LogP contribution is 2.43. The fourth-order valence-electron chi connectivity index (χ4n) is 13.0. The summed E-state index contributed by atoms with van der Waals surface area (Å²) < 4.78 is 48.8. The van der Waals surface area contributed by atoms with Gasteiger partial charge in [-0.1, -0.05) is 120 Å². The van der Waals surface area contributed by atoms with Gasteiger partial charge in [0, 0.05) is 31.5 Å². The molecule has 0 unspecified atom stereocenters. The molecule has 4 aliphatic rings. The molecule has 11 nitrogen and oxygen atoms in total. The fourth-order valence-corrected chi connectivity index (χ4v) is 22.0. The van der Waals surface area contributed by atoms with E-state index in [4.69, 9.17) is 32.2 Å². The number of carbonyl (C=O) groups is 2. The largest absolute Gasteiger partial charge is 0.457 e. The van der Waals surface area contributed by atoms with E-state index in [1.54, 1.807) is 7.11 Å². The number of rotatable bonds is 26.